The molecule has 1 amide bonds. The number of H-pyrrole nitrogens is 1. The Kier molecular flexibility index (Phi) is 4.43. The fourth-order valence-corrected chi connectivity index (χ4v) is 2.25. The normalized spacial score (nSPS) is 10.2. The number of aromatic amines is 1. The fourth-order valence-electron chi connectivity index (χ4n) is 2.25. The molecule has 0 aliphatic carbocycles. The molecule has 0 spiro atoms. The van der Waals surface area contributed by atoms with E-state index in [0.29, 0.717) is 22.7 Å². The van der Waals surface area contributed by atoms with E-state index in [0.717, 1.165) is 5.75 Å². The number of ether oxygens (including phenoxy) is 1. The van der Waals surface area contributed by atoms with Crippen LogP contribution in [0.5, 0.6) is 11.5 Å². The van der Waals surface area contributed by atoms with Crippen molar-refractivity contribution in [2.45, 2.75) is 6.92 Å². The number of aryl methyl sites for hydroxylation is 1. The molecule has 0 fully saturated rings. The quantitative estimate of drug-likeness (QED) is 0.769. The zero-order chi connectivity index (χ0) is 16.9. The van der Waals surface area contributed by atoms with Crippen molar-refractivity contribution in [3.8, 4) is 11.5 Å². The fraction of sp³-hybridized carbons (Fsp3) is 0.0526. The zero-order valence-electron chi connectivity index (χ0n) is 13.1. The van der Waals surface area contributed by atoms with E-state index >= 15 is 0 Å². The molecule has 0 saturated heterocycles. The zero-order valence-corrected chi connectivity index (χ0v) is 13.1. The third-order valence-corrected chi connectivity index (χ3v) is 3.33. The van der Waals surface area contributed by atoms with Gasteiger partial charge in [0.25, 0.3) is 5.91 Å². The van der Waals surface area contributed by atoms with Gasteiger partial charge in [0.2, 0.25) is 5.56 Å². The molecule has 3 aromatic rings. The minimum absolute atomic E-state index is 0.299. The predicted molar refractivity (Wildman–Crippen MR) is 92.7 cm³/mol. The molecule has 2 N–H and O–H groups in total. The van der Waals surface area contributed by atoms with Crippen LogP contribution in [0.15, 0.2) is 71.5 Å². The molecule has 5 nitrogen and oxygen atoms in total. The van der Waals surface area contributed by atoms with E-state index in [1.807, 2.05) is 30.3 Å². The largest absolute Gasteiger partial charge is 0.457 e. The predicted octanol–water partition coefficient (Wildman–Crippen LogP) is 3.73. The molecule has 0 aliphatic heterocycles. The molecule has 1 aromatic heterocycles. The number of carbonyl (C=O) groups is 1. The smallest absolute Gasteiger partial charge is 0.255 e. The summed E-state index contributed by atoms with van der Waals surface area (Å²) in [5.41, 5.74) is 1.28. The van der Waals surface area contributed by atoms with Crippen LogP contribution in [0.3, 0.4) is 0 Å². The molecule has 0 bridgehead atoms. The third kappa shape index (κ3) is 3.89. The van der Waals surface area contributed by atoms with Crippen LogP contribution in [0, 0.1) is 6.92 Å². The second-order valence-electron chi connectivity index (χ2n) is 5.31. The van der Waals surface area contributed by atoms with E-state index in [9.17, 15) is 9.59 Å². The lowest BCUT2D eigenvalue weighted by atomic mass is 10.2. The van der Waals surface area contributed by atoms with Crippen LogP contribution < -0.4 is 15.6 Å². The molecule has 0 radical (unpaired) electrons. The summed E-state index contributed by atoms with van der Waals surface area (Å²) < 4.78 is 5.70. The summed E-state index contributed by atoms with van der Waals surface area (Å²) in [5, 5.41) is 2.76. The number of hydrogen-bond acceptors (Lipinski definition) is 3. The topological polar surface area (TPSA) is 71.2 Å². The van der Waals surface area contributed by atoms with Gasteiger partial charge in [-0.2, -0.15) is 0 Å². The van der Waals surface area contributed by atoms with E-state index in [1.165, 1.54) is 6.07 Å². The standard InChI is InChI=1S/C19H16N2O3/c1-13-11-14(12-18(22)20-13)19(23)21-15-7-9-17(10-8-15)24-16-5-3-2-4-6-16/h2-12H,1H3,(H,20,22)(H,21,23). The Labute approximate surface area is 138 Å². The van der Waals surface area contributed by atoms with Crippen molar-refractivity contribution in [3.63, 3.8) is 0 Å². The average molecular weight is 320 g/mol. The highest BCUT2D eigenvalue weighted by Crippen LogP contribution is 2.22. The molecular formula is C19H16N2O3. The monoisotopic (exact) mass is 320 g/mol. The Bertz CT molecular complexity index is 900. The Balaban J connectivity index is 1.69. The first kappa shape index (κ1) is 15.6. The Morgan fingerprint density at radius 3 is 2.29 bits per heavy atom. The highest BCUT2D eigenvalue weighted by molar-refractivity contribution is 6.04. The van der Waals surface area contributed by atoms with E-state index in [-0.39, 0.29) is 11.5 Å². The van der Waals surface area contributed by atoms with Crippen molar-refractivity contribution < 1.29 is 9.53 Å². The van der Waals surface area contributed by atoms with Crippen LogP contribution in [0.1, 0.15) is 16.1 Å². The van der Waals surface area contributed by atoms with Gasteiger partial charge in [0.1, 0.15) is 11.5 Å². The first-order valence-electron chi connectivity index (χ1n) is 7.45. The first-order chi connectivity index (χ1) is 11.6. The summed E-state index contributed by atoms with van der Waals surface area (Å²) in [6.45, 7) is 1.73. The number of carbonyl (C=O) groups excluding carboxylic acids is 1. The number of amides is 1. The second kappa shape index (κ2) is 6.83. The van der Waals surface area contributed by atoms with Gasteiger partial charge in [0.05, 0.1) is 0 Å². The maximum atomic E-state index is 12.2. The number of para-hydroxylation sites is 1. The summed E-state index contributed by atoms with van der Waals surface area (Å²) in [4.78, 5) is 26.2. The lowest BCUT2D eigenvalue weighted by Crippen LogP contribution is -2.16. The van der Waals surface area contributed by atoms with Crippen molar-refractivity contribution in [1.82, 2.24) is 4.98 Å². The van der Waals surface area contributed by atoms with Crippen LogP contribution in [0.2, 0.25) is 0 Å². The van der Waals surface area contributed by atoms with Gasteiger partial charge in [-0.25, -0.2) is 0 Å². The highest BCUT2D eigenvalue weighted by atomic mass is 16.5. The van der Waals surface area contributed by atoms with Gasteiger partial charge in [-0.05, 0) is 49.4 Å². The molecule has 0 atom stereocenters. The molecule has 24 heavy (non-hydrogen) atoms. The number of rotatable bonds is 4. The number of pyridine rings is 1. The Hall–Kier alpha value is -3.34. The molecule has 120 valence electrons. The lowest BCUT2D eigenvalue weighted by molar-refractivity contribution is 0.102. The number of anilines is 1. The lowest BCUT2D eigenvalue weighted by Gasteiger charge is -2.08. The van der Waals surface area contributed by atoms with Crippen molar-refractivity contribution in [1.29, 1.82) is 0 Å². The molecule has 0 unspecified atom stereocenters. The molecule has 1 heterocycles. The summed E-state index contributed by atoms with van der Waals surface area (Å²) in [5.74, 6) is 1.08. The van der Waals surface area contributed by atoms with Crippen LogP contribution in [0.4, 0.5) is 5.69 Å². The van der Waals surface area contributed by atoms with Gasteiger partial charge in [-0.1, -0.05) is 18.2 Å². The molecule has 2 aromatic carbocycles. The molecular weight excluding hydrogens is 304 g/mol. The molecule has 0 saturated carbocycles. The SMILES string of the molecule is Cc1cc(C(=O)Nc2ccc(Oc3ccccc3)cc2)cc(=O)[nH]1. The Morgan fingerprint density at radius 1 is 0.958 bits per heavy atom. The van der Waals surface area contributed by atoms with Crippen molar-refractivity contribution in [2.75, 3.05) is 5.32 Å². The van der Waals surface area contributed by atoms with Crippen LogP contribution in [-0.2, 0) is 0 Å². The van der Waals surface area contributed by atoms with E-state index in [1.54, 1.807) is 37.3 Å². The van der Waals surface area contributed by atoms with E-state index < -0.39 is 0 Å². The minimum atomic E-state index is -0.332. The minimum Gasteiger partial charge on any atom is -0.457 e. The summed E-state index contributed by atoms with van der Waals surface area (Å²) in [6.07, 6.45) is 0. The summed E-state index contributed by atoms with van der Waals surface area (Å²) >= 11 is 0. The number of benzene rings is 2. The van der Waals surface area contributed by atoms with Gasteiger partial charge in [-0.3, -0.25) is 9.59 Å². The number of hydrogen-bond donors (Lipinski definition) is 2. The van der Waals surface area contributed by atoms with Gasteiger partial charge < -0.3 is 15.0 Å². The van der Waals surface area contributed by atoms with Crippen molar-refractivity contribution in [3.05, 3.63) is 88.3 Å². The Morgan fingerprint density at radius 2 is 1.62 bits per heavy atom. The average Bonchev–Trinajstić information content (AvgIpc) is 2.57. The van der Waals surface area contributed by atoms with Gasteiger partial charge >= 0.3 is 0 Å². The summed E-state index contributed by atoms with van der Waals surface area (Å²) in [6, 6.07) is 19.4. The van der Waals surface area contributed by atoms with Crippen LogP contribution >= 0.6 is 0 Å². The van der Waals surface area contributed by atoms with Gasteiger partial charge in [-0.15, -0.1) is 0 Å². The summed E-state index contributed by atoms with van der Waals surface area (Å²) in [7, 11) is 0. The first-order valence-corrected chi connectivity index (χ1v) is 7.45. The maximum Gasteiger partial charge on any atom is 0.255 e. The van der Waals surface area contributed by atoms with Crippen molar-refractivity contribution >= 4 is 11.6 Å². The van der Waals surface area contributed by atoms with E-state index in [4.69, 9.17) is 4.74 Å². The van der Waals surface area contributed by atoms with Crippen LogP contribution in [-0.4, -0.2) is 10.9 Å². The highest BCUT2D eigenvalue weighted by Gasteiger charge is 2.08. The molecule has 0 aliphatic rings. The molecule has 5 heteroatoms. The third-order valence-electron chi connectivity index (χ3n) is 3.33. The van der Waals surface area contributed by atoms with E-state index in [2.05, 4.69) is 10.3 Å². The van der Waals surface area contributed by atoms with Gasteiger partial charge in [0, 0.05) is 23.0 Å². The molecule has 3 rings (SSSR count). The van der Waals surface area contributed by atoms with Gasteiger partial charge in [0.15, 0.2) is 0 Å². The maximum absolute atomic E-state index is 12.2. The van der Waals surface area contributed by atoms with Crippen molar-refractivity contribution in [2.24, 2.45) is 0 Å². The number of aromatic nitrogens is 1. The second-order valence-corrected chi connectivity index (χ2v) is 5.31. The van der Waals surface area contributed by atoms with Crippen LogP contribution in [0.25, 0.3) is 0 Å². The number of nitrogens with one attached hydrogen (secondary N) is 2.